The molecular weight excluding hydrogens is 310 g/mol. The van der Waals surface area contributed by atoms with E-state index in [9.17, 15) is 0 Å². The first-order valence-electron chi connectivity index (χ1n) is 6.80. The first-order chi connectivity index (χ1) is 8.74. The van der Waals surface area contributed by atoms with E-state index in [4.69, 9.17) is 11.6 Å². The second kappa shape index (κ2) is 6.81. The maximum atomic E-state index is 6.29. The average Bonchev–Trinajstić information content (AvgIpc) is 2.66. The molecule has 18 heavy (non-hydrogen) atoms. The van der Waals surface area contributed by atoms with Gasteiger partial charge in [0.15, 0.2) is 0 Å². The van der Waals surface area contributed by atoms with Crippen molar-refractivity contribution in [3.8, 4) is 0 Å². The van der Waals surface area contributed by atoms with E-state index in [1.807, 2.05) is 6.07 Å². The molecule has 1 fully saturated rings. The summed E-state index contributed by atoms with van der Waals surface area (Å²) in [5.41, 5.74) is 2.50. The van der Waals surface area contributed by atoms with E-state index in [0.717, 1.165) is 10.4 Å². The maximum absolute atomic E-state index is 6.29. The average molecular weight is 331 g/mol. The highest BCUT2D eigenvalue weighted by molar-refractivity contribution is 9.08. The van der Waals surface area contributed by atoms with Gasteiger partial charge in [-0.05, 0) is 25.0 Å². The molecule has 3 heteroatoms. The quantitative estimate of drug-likeness (QED) is 0.530. The molecule has 0 atom stereocenters. The van der Waals surface area contributed by atoms with Crippen LogP contribution in [0.1, 0.15) is 44.1 Å². The van der Waals surface area contributed by atoms with E-state index in [2.05, 4.69) is 40.0 Å². The minimum atomic E-state index is 0.670. The Morgan fingerprint density at radius 1 is 1.22 bits per heavy atom. The third-order valence-electron chi connectivity index (χ3n) is 3.98. The Labute approximate surface area is 124 Å². The normalized spacial score (nSPS) is 17.5. The minimum absolute atomic E-state index is 0.670. The minimum Gasteiger partial charge on any atom is -0.371 e. The summed E-state index contributed by atoms with van der Waals surface area (Å²) in [5, 5.41) is 1.68. The SMILES string of the molecule is CN(c1cccc(Cl)c1CBr)C1CCCCCC1. The number of nitrogens with zero attached hydrogens (tertiary/aromatic N) is 1. The van der Waals surface area contributed by atoms with Crippen LogP contribution in [0.4, 0.5) is 5.69 Å². The summed E-state index contributed by atoms with van der Waals surface area (Å²) < 4.78 is 0. The van der Waals surface area contributed by atoms with Crippen LogP contribution in [0.5, 0.6) is 0 Å². The predicted molar refractivity (Wildman–Crippen MR) is 84.0 cm³/mol. The Hall–Kier alpha value is -0.210. The molecule has 0 aliphatic heterocycles. The lowest BCUT2D eigenvalue weighted by molar-refractivity contribution is 0.552. The molecule has 0 aromatic heterocycles. The van der Waals surface area contributed by atoms with Crippen LogP contribution < -0.4 is 4.90 Å². The van der Waals surface area contributed by atoms with Gasteiger partial charge in [-0.1, -0.05) is 59.3 Å². The fourth-order valence-electron chi connectivity index (χ4n) is 2.85. The molecule has 1 aliphatic carbocycles. The van der Waals surface area contributed by atoms with E-state index < -0.39 is 0 Å². The number of rotatable bonds is 3. The van der Waals surface area contributed by atoms with Crippen LogP contribution in [0.3, 0.4) is 0 Å². The lowest BCUT2D eigenvalue weighted by Gasteiger charge is -2.31. The van der Waals surface area contributed by atoms with Gasteiger partial charge in [0.1, 0.15) is 0 Å². The maximum Gasteiger partial charge on any atom is 0.0467 e. The molecule has 1 aliphatic rings. The van der Waals surface area contributed by atoms with Crippen molar-refractivity contribution in [2.45, 2.75) is 49.9 Å². The highest BCUT2D eigenvalue weighted by Crippen LogP contribution is 2.32. The number of benzene rings is 1. The van der Waals surface area contributed by atoms with Crippen molar-refractivity contribution in [3.63, 3.8) is 0 Å². The summed E-state index contributed by atoms with van der Waals surface area (Å²) in [4.78, 5) is 2.44. The Kier molecular flexibility index (Phi) is 5.38. The van der Waals surface area contributed by atoms with Crippen LogP contribution >= 0.6 is 27.5 Å². The zero-order valence-electron chi connectivity index (χ0n) is 11.0. The molecule has 0 radical (unpaired) electrons. The molecule has 0 heterocycles. The molecule has 1 aromatic carbocycles. The van der Waals surface area contributed by atoms with E-state index in [0.29, 0.717) is 6.04 Å². The summed E-state index contributed by atoms with van der Waals surface area (Å²) >= 11 is 9.84. The van der Waals surface area contributed by atoms with Crippen LogP contribution in [0.2, 0.25) is 5.02 Å². The first kappa shape index (κ1) is 14.2. The Morgan fingerprint density at radius 3 is 2.50 bits per heavy atom. The highest BCUT2D eigenvalue weighted by atomic mass is 79.9. The molecule has 0 saturated heterocycles. The van der Waals surface area contributed by atoms with Crippen LogP contribution in [-0.2, 0) is 5.33 Å². The number of halogens is 2. The summed E-state index contributed by atoms with van der Waals surface area (Å²) in [6, 6.07) is 6.89. The Balaban J connectivity index is 2.21. The Morgan fingerprint density at radius 2 is 1.89 bits per heavy atom. The van der Waals surface area contributed by atoms with Gasteiger partial charge in [0.2, 0.25) is 0 Å². The van der Waals surface area contributed by atoms with Gasteiger partial charge in [0.25, 0.3) is 0 Å². The molecule has 0 bridgehead atoms. The molecule has 0 spiro atoms. The van der Waals surface area contributed by atoms with Gasteiger partial charge in [-0.3, -0.25) is 0 Å². The highest BCUT2D eigenvalue weighted by Gasteiger charge is 2.19. The lowest BCUT2D eigenvalue weighted by Crippen LogP contribution is -2.31. The molecule has 1 saturated carbocycles. The van der Waals surface area contributed by atoms with E-state index in [-0.39, 0.29) is 0 Å². The summed E-state index contributed by atoms with van der Waals surface area (Å²) in [7, 11) is 2.22. The first-order valence-corrected chi connectivity index (χ1v) is 8.30. The number of hydrogen-bond donors (Lipinski definition) is 0. The fraction of sp³-hybridized carbons (Fsp3) is 0.600. The zero-order chi connectivity index (χ0) is 13.0. The van der Waals surface area contributed by atoms with Gasteiger partial charge in [-0.2, -0.15) is 0 Å². The number of alkyl halides is 1. The van der Waals surface area contributed by atoms with Crippen molar-refractivity contribution < 1.29 is 0 Å². The van der Waals surface area contributed by atoms with Crippen LogP contribution in [-0.4, -0.2) is 13.1 Å². The third kappa shape index (κ3) is 3.21. The molecule has 1 aromatic rings. The predicted octanol–water partition coefficient (Wildman–Crippen LogP) is 5.39. The van der Waals surface area contributed by atoms with Crippen molar-refractivity contribution in [1.29, 1.82) is 0 Å². The van der Waals surface area contributed by atoms with Crippen LogP contribution in [0.15, 0.2) is 18.2 Å². The molecule has 100 valence electrons. The van der Waals surface area contributed by atoms with Gasteiger partial charge >= 0.3 is 0 Å². The second-order valence-corrected chi connectivity index (χ2v) is 6.10. The smallest absolute Gasteiger partial charge is 0.0467 e. The van der Waals surface area contributed by atoms with E-state index in [1.54, 1.807) is 0 Å². The van der Waals surface area contributed by atoms with Crippen molar-refractivity contribution in [2.75, 3.05) is 11.9 Å². The molecule has 2 rings (SSSR count). The van der Waals surface area contributed by atoms with Crippen molar-refractivity contribution >= 4 is 33.2 Å². The van der Waals surface area contributed by atoms with Gasteiger partial charge in [0, 0.05) is 34.7 Å². The van der Waals surface area contributed by atoms with Gasteiger partial charge in [0.05, 0.1) is 0 Å². The monoisotopic (exact) mass is 329 g/mol. The van der Waals surface area contributed by atoms with Crippen molar-refractivity contribution in [3.05, 3.63) is 28.8 Å². The van der Waals surface area contributed by atoms with Crippen LogP contribution in [0, 0.1) is 0 Å². The Bertz CT molecular complexity index is 386. The van der Waals surface area contributed by atoms with Gasteiger partial charge < -0.3 is 4.90 Å². The fourth-order valence-corrected chi connectivity index (χ4v) is 3.84. The largest absolute Gasteiger partial charge is 0.371 e. The zero-order valence-corrected chi connectivity index (χ0v) is 13.3. The summed E-state index contributed by atoms with van der Waals surface area (Å²) in [5.74, 6) is 0. The molecule has 1 nitrogen and oxygen atoms in total. The summed E-state index contributed by atoms with van der Waals surface area (Å²) in [6.45, 7) is 0. The van der Waals surface area contributed by atoms with Gasteiger partial charge in [-0.25, -0.2) is 0 Å². The lowest BCUT2D eigenvalue weighted by atomic mass is 10.1. The standard InChI is InChI=1S/C15H21BrClN/c1-18(12-7-4-2-3-5-8-12)15-10-6-9-14(17)13(15)11-16/h6,9-10,12H,2-5,7-8,11H2,1H3. The van der Waals surface area contributed by atoms with Gasteiger partial charge in [-0.15, -0.1) is 0 Å². The van der Waals surface area contributed by atoms with E-state index in [1.165, 1.54) is 49.8 Å². The topological polar surface area (TPSA) is 3.24 Å². The summed E-state index contributed by atoms with van der Waals surface area (Å²) in [6.07, 6.45) is 8.13. The molecule has 0 unspecified atom stereocenters. The van der Waals surface area contributed by atoms with Crippen LogP contribution in [0.25, 0.3) is 0 Å². The molecule has 0 amide bonds. The molecular formula is C15H21BrClN. The van der Waals surface area contributed by atoms with E-state index >= 15 is 0 Å². The third-order valence-corrected chi connectivity index (χ3v) is 4.90. The van der Waals surface area contributed by atoms with Crippen molar-refractivity contribution in [2.24, 2.45) is 0 Å². The number of hydrogen-bond acceptors (Lipinski definition) is 1. The number of anilines is 1. The second-order valence-electron chi connectivity index (χ2n) is 5.13. The van der Waals surface area contributed by atoms with Crippen molar-refractivity contribution in [1.82, 2.24) is 0 Å². The molecule has 0 N–H and O–H groups in total.